The number of nitrogens with one attached hydrogen (secondary N) is 3. The number of alkyl halides is 2. The van der Waals surface area contributed by atoms with E-state index in [1.165, 1.54) is 6.20 Å². The molecule has 3 heterocycles. The average Bonchev–Trinajstić information content (AvgIpc) is 3.09. The first kappa shape index (κ1) is 22.6. The molecule has 0 unspecified atom stereocenters. The summed E-state index contributed by atoms with van der Waals surface area (Å²) in [5.41, 5.74) is 1.87. The molecule has 0 radical (unpaired) electrons. The van der Waals surface area contributed by atoms with Gasteiger partial charge in [-0.2, -0.15) is 0 Å². The van der Waals surface area contributed by atoms with Gasteiger partial charge >= 0.3 is 6.03 Å². The number of aromatic nitrogens is 2. The van der Waals surface area contributed by atoms with E-state index in [0.717, 1.165) is 17.8 Å². The molecule has 0 spiro atoms. The van der Waals surface area contributed by atoms with E-state index in [4.69, 9.17) is 23.2 Å². The van der Waals surface area contributed by atoms with E-state index >= 15 is 0 Å². The Bertz CT molecular complexity index is 1130. The van der Waals surface area contributed by atoms with Crippen LogP contribution in [0.5, 0.6) is 0 Å². The fraction of sp³-hybridized carbons (Fsp3) is 0.333. The summed E-state index contributed by atoms with van der Waals surface area (Å²) in [4.78, 5) is 23.6. The topological polar surface area (TPSA) is 76.3 Å². The standard InChI is InChI=1S/C21H22Cl2F2N6O/c1-21(24,25)12-30-4-6-31(7-5-30)19-16(23)9-14(10-27-19)28-20(32)29-18-11-26-17-3-2-13(22)8-15(17)18/h2-3,8-11,26H,4-7,12H2,1H3,(H2,28,29,32). The molecule has 1 aromatic carbocycles. The third-order valence-corrected chi connectivity index (χ3v) is 5.66. The van der Waals surface area contributed by atoms with Crippen molar-refractivity contribution < 1.29 is 13.6 Å². The van der Waals surface area contributed by atoms with Gasteiger partial charge in [-0.05, 0) is 24.3 Å². The van der Waals surface area contributed by atoms with Crippen LogP contribution in [0.3, 0.4) is 0 Å². The van der Waals surface area contributed by atoms with Crippen LogP contribution in [0.2, 0.25) is 10.0 Å². The lowest BCUT2D eigenvalue weighted by atomic mass is 10.2. The molecule has 0 saturated carbocycles. The summed E-state index contributed by atoms with van der Waals surface area (Å²) in [5.74, 6) is -2.16. The van der Waals surface area contributed by atoms with Gasteiger partial charge in [-0.15, -0.1) is 0 Å². The Morgan fingerprint density at radius 1 is 1.19 bits per heavy atom. The maximum Gasteiger partial charge on any atom is 0.323 e. The van der Waals surface area contributed by atoms with Gasteiger partial charge in [-0.25, -0.2) is 18.6 Å². The minimum atomic E-state index is -2.72. The van der Waals surface area contributed by atoms with Crippen LogP contribution < -0.4 is 15.5 Å². The molecule has 0 atom stereocenters. The molecule has 3 N–H and O–H groups in total. The first-order valence-electron chi connectivity index (χ1n) is 10.0. The van der Waals surface area contributed by atoms with Gasteiger partial charge in [0.25, 0.3) is 5.92 Å². The van der Waals surface area contributed by atoms with E-state index in [-0.39, 0.29) is 6.54 Å². The number of pyridine rings is 1. The summed E-state index contributed by atoms with van der Waals surface area (Å²) in [5, 5.41) is 7.21. The third-order valence-electron chi connectivity index (χ3n) is 5.14. The second-order valence-electron chi connectivity index (χ2n) is 7.83. The zero-order chi connectivity index (χ0) is 22.9. The molecule has 1 aliphatic rings. The fourth-order valence-corrected chi connectivity index (χ4v) is 4.18. The van der Waals surface area contributed by atoms with Gasteiger partial charge in [-0.1, -0.05) is 23.2 Å². The van der Waals surface area contributed by atoms with Crippen molar-refractivity contribution in [3.63, 3.8) is 0 Å². The van der Waals surface area contributed by atoms with Crippen molar-refractivity contribution in [3.8, 4) is 0 Å². The Labute approximate surface area is 193 Å². The van der Waals surface area contributed by atoms with Gasteiger partial charge in [0, 0.05) is 55.2 Å². The average molecular weight is 483 g/mol. The van der Waals surface area contributed by atoms with Crippen molar-refractivity contribution in [2.75, 3.05) is 48.3 Å². The van der Waals surface area contributed by atoms with Crippen LogP contribution in [0.1, 0.15) is 6.92 Å². The zero-order valence-corrected chi connectivity index (χ0v) is 18.8. The predicted molar refractivity (Wildman–Crippen MR) is 124 cm³/mol. The summed E-state index contributed by atoms with van der Waals surface area (Å²) in [6.45, 7) is 2.74. The van der Waals surface area contributed by atoms with Gasteiger partial charge in [0.1, 0.15) is 5.82 Å². The molecule has 32 heavy (non-hydrogen) atoms. The number of carbonyl (C=O) groups is 1. The Morgan fingerprint density at radius 3 is 2.62 bits per heavy atom. The summed E-state index contributed by atoms with van der Waals surface area (Å²) < 4.78 is 26.4. The highest BCUT2D eigenvalue weighted by Crippen LogP contribution is 2.29. The largest absolute Gasteiger partial charge is 0.359 e. The highest BCUT2D eigenvalue weighted by molar-refractivity contribution is 6.33. The number of H-pyrrole nitrogens is 1. The number of amides is 2. The Balaban J connectivity index is 1.37. The molecule has 11 heteroatoms. The van der Waals surface area contributed by atoms with E-state index < -0.39 is 12.0 Å². The molecule has 1 aliphatic heterocycles. The first-order valence-corrected chi connectivity index (χ1v) is 10.8. The maximum absolute atomic E-state index is 13.2. The van der Waals surface area contributed by atoms with Crippen molar-refractivity contribution in [1.82, 2.24) is 14.9 Å². The summed E-state index contributed by atoms with van der Waals surface area (Å²) in [6.07, 6.45) is 3.20. The molecule has 1 saturated heterocycles. The molecule has 7 nitrogen and oxygen atoms in total. The summed E-state index contributed by atoms with van der Waals surface area (Å²) >= 11 is 12.4. The van der Waals surface area contributed by atoms with E-state index in [1.807, 2.05) is 11.0 Å². The second kappa shape index (κ2) is 9.09. The second-order valence-corrected chi connectivity index (χ2v) is 8.68. The molecule has 0 bridgehead atoms. The SMILES string of the molecule is CC(F)(F)CN1CCN(c2ncc(NC(=O)Nc3c[nH]c4ccc(Cl)cc34)cc2Cl)CC1. The van der Waals surface area contributed by atoms with Crippen LogP contribution in [0.4, 0.5) is 30.8 Å². The van der Waals surface area contributed by atoms with Crippen molar-refractivity contribution >= 4 is 57.3 Å². The highest BCUT2D eigenvalue weighted by Gasteiger charge is 2.28. The van der Waals surface area contributed by atoms with E-state index in [1.54, 1.807) is 29.3 Å². The molecule has 1 fully saturated rings. The summed E-state index contributed by atoms with van der Waals surface area (Å²) in [6, 6.07) is 6.51. The number of carbonyl (C=O) groups excluding carboxylic acids is 1. The zero-order valence-electron chi connectivity index (χ0n) is 17.3. The lowest BCUT2D eigenvalue weighted by Gasteiger charge is -2.36. The van der Waals surface area contributed by atoms with E-state index in [0.29, 0.717) is 53.4 Å². The molecular formula is C21H22Cl2F2N6O. The van der Waals surface area contributed by atoms with Crippen LogP contribution in [-0.4, -0.2) is 59.5 Å². The number of aromatic amines is 1. The van der Waals surface area contributed by atoms with Crippen molar-refractivity contribution in [1.29, 1.82) is 0 Å². The molecule has 3 aromatic rings. The third kappa shape index (κ3) is 5.40. The number of halogens is 4. The first-order chi connectivity index (χ1) is 15.2. The van der Waals surface area contributed by atoms with Crippen LogP contribution >= 0.6 is 23.2 Å². The number of nitrogens with zero attached hydrogens (tertiary/aromatic N) is 3. The maximum atomic E-state index is 13.2. The van der Waals surface area contributed by atoms with Gasteiger partial charge in [0.05, 0.1) is 29.1 Å². The minimum Gasteiger partial charge on any atom is -0.359 e. The van der Waals surface area contributed by atoms with Crippen LogP contribution in [0, 0.1) is 0 Å². The Hall–Kier alpha value is -2.62. The number of anilines is 3. The van der Waals surface area contributed by atoms with Crippen LogP contribution in [0.15, 0.2) is 36.7 Å². The normalized spacial score (nSPS) is 15.2. The van der Waals surface area contributed by atoms with Crippen LogP contribution in [-0.2, 0) is 0 Å². The number of urea groups is 1. The Kier molecular flexibility index (Phi) is 6.41. The lowest BCUT2D eigenvalue weighted by Crippen LogP contribution is -2.49. The number of rotatable bonds is 5. The molecule has 2 aromatic heterocycles. The fourth-order valence-electron chi connectivity index (χ4n) is 3.72. The Morgan fingerprint density at radius 2 is 1.94 bits per heavy atom. The van der Waals surface area contributed by atoms with Crippen molar-refractivity contribution in [2.45, 2.75) is 12.8 Å². The number of benzene rings is 1. The number of hydrogen-bond acceptors (Lipinski definition) is 4. The molecular weight excluding hydrogens is 461 g/mol. The molecule has 0 aliphatic carbocycles. The number of fused-ring (bicyclic) bond motifs is 1. The lowest BCUT2D eigenvalue weighted by molar-refractivity contribution is -0.0155. The number of hydrogen-bond donors (Lipinski definition) is 3. The number of piperazine rings is 1. The molecule has 4 rings (SSSR count). The van der Waals surface area contributed by atoms with E-state index in [2.05, 4.69) is 20.6 Å². The predicted octanol–water partition coefficient (Wildman–Crippen LogP) is 5.29. The van der Waals surface area contributed by atoms with Crippen molar-refractivity contribution in [3.05, 3.63) is 46.7 Å². The van der Waals surface area contributed by atoms with Gasteiger partial charge in [0.15, 0.2) is 0 Å². The van der Waals surface area contributed by atoms with Crippen molar-refractivity contribution in [2.24, 2.45) is 0 Å². The highest BCUT2D eigenvalue weighted by atomic mass is 35.5. The van der Waals surface area contributed by atoms with Gasteiger partial charge < -0.3 is 20.5 Å². The minimum absolute atomic E-state index is 0.261. The molecule has 170 valence electrons. The monoisotopic (exact) mass is 482 g/mol. The smallest absolute Gasteiger partial charge is 0.323 e. The van der Waals surface area contributed by atoms with E-state index in [9.17, 15) is 13.6 Å². The summed E-state index contributed by atoms with van der Waals surface area (Å²) in [7, 11) is 0. The van der Waals surface area contributed by atoms with Gasteiger partial charge in [0.2, 0.25) is 0 Å². The van der Waals surface area contributed by atoms with Gasteiger partial charge in [-0.3, -0.25) is 4.90 Å². The quantitative estimate of drug-likeness (QED) is 0.461. The van der Waals surface area contributed by atoms with Crippen LogP contribution in [0.25, 0.3) is 10.9 Å². The molecule has 2 amide bonds.